The van der Waals surface area contributed by atoms with Crippen molar-refractivity contribution < 1.29 is 19.4 Å². The van der Waals surface area contributed by atoms with Crippen molar-refractivity contribution in [1.29, 1.82) is 0 Å². The molecule has 1 fully saturated rings. The van der Waals surface area contributed by atoms with E-state index in [2.05, 4.69) is 59.5 Å². The number of fused-ring (bicyclic) bond motifs is 1. The molecule has 0 bridgehead atoms. The van der Waals surface area contributed by atoms with Crippen LogP contribution in [0.25, 0.3) is 10.9 Å². The van der Waals surface area contributed by atoms with Crippen molar-refractivity contribution in [2.24, 2.45) is 0 Å². The third kappa shape index (κ3) is 5.36. The molecule has 1 N–H and O–H groups in total. The number of nitrogens with zero attached hydrogens (tertiary/aromatic N) is 2. The fourth-order valence-corrected chi connectivity index (χ4v) is 5.64. The van der Waals surface area contributed by atoms with Gasteiger partial charge in [-0.2, -0.15) is 0 Å². The molecule has 1 aliphatic heterocycles. The zero-order valence-corrected chi connectivity index (χ0v) is 22.2. The number of carboxylic acid groups (broad SMARTS) is 1. The minimum atomic E-state index is -1.21. The second-order valence-electron chi connectivity index (χ2n) is 11.3. The van der Waals surface area contributed by atoms with Crippen LogP contribution in [0.2, 0.25) is 0 Å². The zero-order valence-electron chi connectivity index (χ0n) is 22.2. The summed E-state index contributed by atoms with van der Waals surface area (Å²) in [6, 6.07) is 28.6. The molecule has 6 nitrogen and oxygen atoms in total. The molecule has 1 aliphatic rings. The molecule has 1 saturated heterocycles. The summed E-state index contributed by atoms with van der Waals surface area (Å²) in [6.07, 6.45) is 0.657. The number of rotatable bonds is 6. The number of carbonyl (C=O) groups is 2. The topological polar surface area (TPSA) is 71.8 Å². The Bertz CT molecular complexity index is 1450. The van der Waals surface area contributed by atoms with Gasteiger partial charge < -0.3 is 9.84 Å². The van der Waals surface area contributed by atoms with Gasteiger partial charge >= 0.3 is 12.1 Å². The van der Waals surface area contributed by atoms with Gasteiger partial charge in [-0.1, -0.05) is 66.7 Å². The van der Waals surface area contributed by atoms with E-state index in [1.807, 2.05) is 24.3 Å². The Morgan fingerprint density at radius 2 is 1.58 bits per heavy atom. The minimum Gasteiger partial charge on any atom is -0.464 e. The number of esters is 1. The largest absolute Gasteiger partial charge is 0.464 e. The lowest BCUT2D eigenvalue weighted by molar-refractivity contribution is 0.00585. The Labute approximate surface area is 223 Å². The molecule has 1 aromatic heterocycles. The lowest BCUT2D eigenvalue weighted by Crippen LogP contribution is -2.33. The number of ether oxygens (including phenoxy) is 1. The van der Waals surface area contributed by atoms with Crippen molar-refractivity contribution in [3.8, 4) is 0 Å². The number of hydrogen-bond acceptors (Lipinski definition) is 4. The third-order valence-electron chi connectivity index (χ3n) is 7.28. The van der Waals surface area contributed by atoms with E-state index >= 15 is 0 Å². The monoisotopic (exact) mass is 510 g/mol. The Morgan fingerprint density at radius 1 is 0.921 bits per heavy atom. The van der Waals surface area contributed by atoms with Gasteiger partial charge in [0, 0.05) is 23.9 Å². The molecule has 0 amide bonds. The maximum atomic E-state index is 12.9. The van der Waals surface area contributed by atoms with E-state index in [0.29, 0.717) is 5.52 Å². The van der Waals surface area contributed by atoms with Gasteiger partial charge in [-0.3, -0.25) is 4.90 Å². The number of aromatic nitrogens is 1. The Kier molecular flexibility index (Phi) is 6.84. The van der Waals surface area contributed by atoms with E-state index in [-0.39, 0.29) is 11.1 Å². The van der Waals surface area contributed by atoms with Gasteiger partial charge in [0.15, 0.2) is 0 Å². The van der Waals surface area contributed by atoms with Gasteiger partial charge in [-0.15, -0.1) is 0 Å². The third-order valence-corrected chi connectivity index (χ3v) is 7.28. The van der Waals surface area contributed by atoms with E-state index in [1.54, 1.807) is 26.8 Å². The van der Waals surface area contributed by atoms with Gasteiger partial charge in [0.2, 0.25) is 0 Å². The number of benzene rings is 3. The minimum absolute atomic E-state index is 0.0220. The summed E-state index contributed by atoms with van der Waals surface area (Å²) >= 11 is 0. The van der Waals surface area contributed by atoms with Crippen molar-refractivity contribution >= 4 is 23.0 Å². The number of carbonyl (C=O) groups excluding carboxylic acids is 1. The first-order chi connectivity index (χ1) is 18.1. The van der Waals surface area contributed by atoms with Gasteiger partial charge in [0.1, 0.15) is 11.3 Å². The van der Waals surface area contributed by atoms with Crippen LogP contribution in [0.3, 0.4) is 0 Å². The fourth-order valence-electron chi connectivity index (χ4n) is 5.64. The van der Waals surface area contributed by atoms with E-state index in [4.69, 9.17) is 4.74 Å². The van der Waals surface area contributed by atoms with Crippen LogP contribution in [0.5, 0.6) is 0 Å². The molecule has 5 rings (SSSR count). The van der Waals surface area contributed by atoms with Gasteiger partial charge in [0.25, 0.3) is 0 Å². The van der Waals surface area contributed by atoms with Crippen LogP contribution in [0.1, 0.15) is 54.4 Å². The molecule has 3 aromatic carbocycles. The van der Waals surface area contributed by atoms with Crippen molar-refractivity contribution in [3.63, 3.8) is 0 Å². The summed E-state index contributed by atoms with van der Waals surface area (Å²) in [5.74, 6) is -0.647. The Hall–Kier alpha value is -3.90. The lowest BCUT2D eigenvalue weighted by atomic mass is 9.74. The van der Waals surface area contributed by atoms with Gasteiger partial charge in [0.05, 0.1) is 5.52 Å². The van der Waals surface area contributed by atoms with E-state index in [9.17, 15) is 14.7 Å². The van der Waals surface area contributed by atoms with Crippen LogP contribution in [0, 0.1) is 0 Å². The molecule has 196 valence electrons. The second-order valence-corrected chi connectivity index (χ2v) is 11.3. The molecule has 4 aromatic rings. The van der Waals surface area contributed by atoms with Gasteiger partial charge in [-0.05, 0) is 75.0 Å². The van der Waals surface area contributed by atoms with Gasteiger partial charge in [-0.25, -0.2) is 14.2 Å². The lowest BCUT2D eigenvalue weighted by Gasteiger charge is -2.31. The average molecular weight is 511 g/mol. The highest BCUT2D eigenvalue weighted by Crippen LogP contribution is 2.40. The van der Waals surface area contributed by atoms with Crippen molar-refractivity contribution in [3.05, 3.63) is 107 Å². The molecular formula is C32H34N2O4. The molecule has 0 radical (unpaired) electrons. The van der Waals surface area contributed by atoms with Crippen molar-refractivity contribution in [2.75, 3.05) is 13.1 Å². The highest BCUT2D eigenvalue weighted by molar-refractivity contribution is 6.01. The second kappa shape index (κ2) is 10.1. The zero-order chi connectivity index (χ0) is 26.9. The summed E-state index contributed by atoms with van der Waals surface area (Å²) in [4.78, 5) is 27.6. The summed E-state index contributed by atoms with van der Waals surface area (Å²) < 4.78 is 6.55. The van der Waals surface area contributed by atoms with E-state index in [0.717, 1.165) is 48.0 Å². The standard InChI is InChI=1S/C32H34N2O4/c1-31(2,3)38-29(35)28-19-25-18-26(14-15-27(25)34(28)30(36)37)32(20-23-10-6-4-7-11-23)16-17-33(22-32)21-24-12-8-5-9-13-24/h4-15,18-19H,16-17,20-22H2,1-3H3,(H,36,37). The average Bonchev–Trinajstić information content (AvgIpc) is 3.46. The molecule has 0 spiro atoms. The highest BCUT2D eigenvalue weighted by Gasteiger charge is 2.40. The first kappa shape index (κ1) is 25.7. The normalized spacial score (nSPS) is 18.1. The molecule has 1 unspecified atom stereocenters. The molecule has 0 aliphatic carbocycles. The first-order valence-corrected chi connectivity index (χ1v) is 13.1. The van der Waals surface area contributed by atoms with Crippen molar-refractivity contribution in [1.82, 2.24) is 9.47 Å². The molecule has 2 heterocycles. The van der Waals surface area contributed by atoms with E-state index < -0.39 is 17.7 Å². The smallest absolute Gasteiger partial charge is 0.416 e. The van der Waals surface area contributed by atoms with Crippen LogP contribution in [0.4, 0.5) is 4.79 Å². The predicted octanol–water partition coefficient (Wildman–Crippen LogP) is 6.51. The maximum Gasteiger partial charge on any atom is 0.416 e. The quantitative estimate of drug-likeness (QED) is 0.300. The summed E-state index contributed by atoms with van der Waals surface area (Å²) in [5.41, 5.74) is 3.36. The Balaban J connectivity index is 1.54. The molecule has 0 saturated carbocycles. The predicted molar refractivity (Wildman–Crippen MR) is 149 cm³/mol. The molecule has 1 atom stereocenters. The summed E-state index contributed by atoms with van der Waals surface area (Å²) in [6.45, 7) is 8.06. The SMILES string of the molecule is CC(C)(C)OC(=O)c1cc2cc(C3(Cc4ccccc4)CCN(Cc4ccccc4)C3)ccc2n1C(=O)O. The molecular weight excluding hydrogens is 476 g/mol. The van der Waals surface area contributed by atoms with Crippen LogP contribution in [-0.4, -0.2) is 45.3 Å². The Morgan fingerprint density at radius 3 is 2.21 bits per heavy atom. The molecule has 6 heteroatoms. The first-order valence-electron chi connectivity index (χ1n) is 13.1. The summed E-state index contributed by atoms with van der Waals surface area (Å²) in [5, 5.41) is 10.7. The van der Waals surface area contributed by atoms with Crippen LogP contribution in [-0.2, 0) is 23.1 Å². The van der Waals surface area contributed by atoms with Crippen molar-refractivity contribution in [2.45, 2.75) is 51.2 Å². The van der Waals surface area contributed by atoms with Crippen LogP contribution < -0.4 is 0 Å². The number of likely N-dealkylation sites (tertiary alicyclic amines) is 1. The summed E-state index contributed by atoms with van der Waals surface area (Å²) in [7, 11) is 0. The van der Waals surface area contributed by atoms with Crippen LogP contribution >= 0.6 is 0 Å². The highest BCUT2D eigenvalue weighted by atomic mass is 16.6. The van der Waals surface area contributed by atoms with Crippen LogP contribution in [0.15, 0.2) is 84.9 Å². The molecule has 38 heavy (non-hydrogen) atoms. The fraction of sp³-hybridized carbons (Fsp3) is 0.312. The number of hydrogen-bond donors (Lipinski definition) is 1. The maximum absolute atomic E-state index is 12.9. The van der Waals surface area contributed by atoms with E-state index in [1.165, 1.54) is 11.1 Å².